The summed E-state index contributed by atoms with van der Waals surface area (Å²) in [6.07, 6.45) is 9.13. The smallest absolute Gasteiger partial charge is 0.126 e. The van der Waals surface area contributed by atoms with Crippen LogP contribution in [0.15, 0.2) is 18.3 Å². The molecule has 1 heterocycles. The monoisotopic (exact) mass is 228 g/mol. The second kappa shape index (κ2) is 3.47. The van der Waals surface area contributed by atoms with Crippen LogP contribution in [0.5, 0.6) is 0 Å². The van der Waals surface area contributed by atoms with Gasteiger partial charge in [-0.15, -0.1) is 0 Å². The van der Waals surface area contributed by atoms with Crippen LogP contribution in [0.3, 0.4) is 0 Å². The summed E-state index contributed by atoms with van der Waals surface area (Å²) in [5.41, 5.74) is 7.44. The zero-order valence-electron chi connectivity index (χ0n) is 10.2. The molecule has 17 heavy (non-hydrogen) atoms. The summed E-state index contributed by atoms with van der Waals surface area (Å²) in [5, 5.41) is 0. The molecule has 0 aliphatic heterocycles. The SMILES string of the molecule is Nc1ncccc1C1C2CC3CC(C2)CC1C3. The van der Waals surface area contributed by atoms with Crippen LogP contribution in [0.2, 0.25) is 0 Å². The Morgan fingerprint density at radius 2 is 1.65 bits per heavy atom. The Morgan fingerprint density at radius 3 is 2.24 bits per heavy atom. The first kappa shape index (κ1) is 9.93. The number of nitrogens with two attached hydrogens (primary N) is 1. The number of hydrogen-bond acceptors (Lipinski definition) is 2. The second-order valence-corrected chi connectivity index (χ2v) is 6.43. The molecule has 1 aromatic rings. The van der Waals surface area contributed by atoms with Gasteiger partial charge < -0.3 is 5.73 Å². The van der Waals surface area contributed by atoms with E-state index >= 15 is 0 Å². The minimum atomic E-state index is 0.719. The highest BCUT2D eigenvalue weighted by Gasteiger charge is 2.48. The Labute approximate surface area is 103 Å². The predicted molar refractivity (Wildman–Crippen MR) is 68.4 cm³/mol. The van der Waals surface area contributed by atoms with Gasteiger partial charge in [0, 0.05) is 6.20 Å². The molecule has 4 fully saturated rings. The van der Waals surface area contributed by atoms with E-state index in [0.29, 0.717) is 0 Å². The maximum absolute atomic E-state index is 6.09. The Kier molecular flexibility index (Phi) is 2.03. The Hall–Kier alpha value is -1.05. The molecule has 4 saturated carbocycles. The van der Waals surface area contributed by atoms with Gasteiger partial charge >= 0.3 is 0 Å². The van der Waals surface area contributed by atoms with Gasteiger partial charge in [-0.25, -0.2) is 4.98 Å². The molecule has 0 saturated heterocycles. The average Bonchev–Trinajstić information content (AvgIpc) is 2.30. The summed E-state index contributed by atoms with van der Waals surface area (Å²) >= 11 is 0. The van der Waals surface area contributed by atoms with E-state index in [9.17, 15) is 0 Å². The molecule has 90 valence electrons. The van der Waals surface area contributed by atoms with Crippen molar-refractivity contribution in [1.82, 2.24) is 4.98 Å². The Balaban J connectivity index is 1.73. The van der Waals surface area contributed by atoms with Crippen LogP contribution in [0.25, 0.3) is 0 Å². The molecule has 0 aromatic carbocycles. The Bertz CT molecular complexity index is 412. The standard InChI is InChI=1S/C15H20N2/c16-15-13(2-1-3-17-15)14-11-5-9-4-10(7-11)8-12(14)6-9/h1-3,9-12,14H,4-8H2,(H2,16,17). The summed E-state index contributed by atoms with van der Waals surface area (Å²) in [5.74, 6) is 5.37. The number of anilines is 1. The third-order valence-corrected chi connectivity index (χ3v) is 5.46. The maximum atomic E-state index is 6.09. The van der Waals surface area contributed by atoms with Crippen molar-refractivity contribution in [2.75, 3.05) is 5.73 Å². The number of hydrogen-bond donors (Lipinski definition) is 1. The molecular formula is C15H20N2. The van der Waals surface area contributed by atoms with E-state index in [4.69, 9.17) is 5.73 Å². The van der Waals surface area contributed by atoms with E-state index in [-0.39, 0.29) is 0 Å². The molecule has 4 aliphatic rings. The number of nitrogens with zero attached hydrogens (tertiary/aromatic N) is 1. The lowest BCUT2D eigenvalue weighted by atomic mass is 9.51. The van der Waals surface area contributed by atoms with Crippen molar-refractivity contribution in [1.29, 1.82) is 0 Å². The number of rotatable bonds is 1. The molecule has 2 heteroatoms. The summed E-state index contributed by atoms with van der Waals surface area (Å²) in [6, 6.07) is 4.27. The van der Waals surface area contributed by atoms with Crippen LogP contribution in [0.1, 0.15) is 43.6 Å². The summed E-state index contributed by atoms with van der Waals surface area (Å²) in [6.45, 7) is 0. The number of aromatic nitrogens is 1. The summed E-state index contributed by atoms with van der Waals surface area (Å²) in [7, 11) is 0. The first-order chi connectivity index (χ1) is 8.31. The van der Waals surface area contributed by atoms with Crippen molar-refractivity contribution < 1.29 is 0 Å². The van der Waals surface area contributed by atoms with Crippen molar-refractivity contribution in [3.63, 3.8) is 0 Å². The Morgan fingerprint density at radius 1 is 1.00 bits per heavy atom. The van der Waals surface area contributed by atoms with Gasteiger partial charge in [0.1, 0.15) is 5.82 Å². The third-order valence-electron chi connectivity index (χ3n) is 5.46. The molecule has 4 aliphatic carbocycles. The fourth-order valence-electron chi connectivity index (χ4n) is 5.14. The molecular weight excluding hydrogens is 208 g/mol. The van der Waals surface area contributed by atoms with Crippen LogP contribution in [-0.2, 0) is 0 Å². The van der Waals surface area contributed by atoms with E-state index in [1.807, 2.05) is 6.20 Å². The van der Waals surface area contributed by atoms with E-state index in [1.54, 1.807) is 0 Å². The first-order valence-electron chi connectivity index (χ1n) is 7.01. The van der Waals surface area contributed by atoms with E-state index in [2.05, 4.69) is 17.1 Å². The minimum absolute atomic E-state index is 0.719. The van der Waals surface area contributed by atoms with Gasteiger partial charge in [0.05, 0.1) is 0 Å². The third kappa shape index (κ3) is 1.42. The van der Waals surface area contributed by atoms with Gasteiger partial charge in [0.2, 0.25) is 0 Å². The molecule has 2 N–H and O–H groups in total. The first-order valence-corrected chi connectivity index (χ1v) is 7.01. The van der Waals surface area contributed by atoms with Crippen molar-refractivity contribution in [3.8, 4) is 0 Å². The van der Waals surface area contributed by atoms with Gasteiger partial charge in [-0.05, 0) is 73.3 Å². The van der Waals surface area contributed by atoms with Crippen LogP contribution in [-0.4, -0.2) is 4.98 Å². The van der Waals surface area contributed by atoms with Crippen molar-refractivity contribution >= 4 is 5.82 Å². The lowest BCUT2D eigenvalue weighted by Crippen LogP contribution is -2.44. The van der Waals surface area contributed by atoms with E-state index in [1.165, 1.54) is 37.7 Å². The summed E-state index contributed by atoms with van der Waals surface area (Å²) in [4.78, 5) is 4.29. The average molecular weight is 228 g/mol. The zero-order valence-corrected chi connectivity index (χ0v) is 10.2. The molecule has 2 nitrogen and oxygen atoms in total. The normalized spacial score (nSPS) is 42.9. The largest absolute Gasteiger partial charge is 0.383 e. The topological polar surface area (TPSA) is 38.9 Å². The maximum Gasteiger partial charge on any atom is 0.126 e. The van der Waals surface area contributed by atoms with Gasteiger partial charge in [-0.1, -0.05) is 6.07 Å². The zero-order chi connectivity index (χ0) is 11.4. The van der Waals surface area contributed by atoms with Crippen molar-refractivity contribution in [2.24, 2.45) is 23.7 Å². The van der Waals surface area contributed by atoms with Crippen LogP contribution in [0.4, 0.5) is 5.82 Å². The lowest BCUT2D eigenvalue weighted by molar-refractivity contribution is -0.00263. The molecule has 4 bridgehead atoms. The van der Waals surface area contributed by atoms with Gasteiger partial charge in [0.15, 0.2) is 0 Å². The molecule has 0 unspecified atom stereocenters. The molecule has 1 aromatic heterocycles. The van der Waals surface area contributed by atoms with Crippen molar-refractivity contribution in [3.05, 3.63) is 23.9 Å². The fraction of sp³-hybridized carbons (Fsp3) is 0.667. The van der Waals surface area contributed by atoms with Crippen molar-refractivity contribution in [2.45, 2.75) is 38.0 Å². The minimum Gasteiger partial charge on any atom is -0.383 e. The highest BCUT2D eigenvalue weighted by Crippen LogP contribution is 2.60. The van der Waals surface area contributed by atoms with Gasteiger partial charge in [-0.3, -0.25) is 0 Å². The van der Waals surface area contributed by atoms with E-state index < -0.39 is 0 Å². The fourth-order valence-corrected chi connectivity index (χ4v) is 5.14. The van der Waals surface area contributed by atoms with Crippen LogP contribution in [0, 0.1) is 23.7 Å². The molecule has 0 amide bonds. The molecule has 0 atom stereocenters. The highest BCUT2D eigenvalue weighted by atomic mass is 14.8. The van der Waals surface area contributed by atoms with Crippen LogP contribution < -0.4 is 5.73 Å². The number of nitrogen functional groups attached to an aromatic ring is 1. The predicted octanol–water partition coefficient (Wildman–Crippen LogP) is 3.20. The molecule has 0 radical (unpaired) electrons. The molecule has 0 spiro atoms. The quantitative estimate of drug-likeness (QED) is 0.801. The second-order valence-electron chi connectivity index (χ2n) is 6.43. The highest BCUT2D eigenvalue weighted by molar-refractivity contribution is 5.42. The summed E-state index contributed by atoms with van der Waals surface area (Å²) < 4.78 is 0. The lowest BCUT2D eigenvalue weighted by Gasteiger charge is -2.54. The number of pyridine rings is 1. The van der Waals surface area contributed by atoms with Gasteiger partial charge in [0.25, 0.3) is 0 Å². The van der Waals surface area contributed by atoms with E-state index in [0.717, 1.165) is 35.4 Å². The molecule has 5 rings (SSSR count). The van der Waals surface area contributed by atoms with Crippen LogP contribution >= 0.6 is 0 Å². The van der Waals surface area contributed by atoms with Gasteiger partial charge in [-0.2, -0.15) is 0 Å².